The van der Waals surface area contributed by atoms with Gasteiger partial charge in [0.25, 0.3) is 0 Å². The molecule has 1 heterocycles. The van der Waals surface area contributed by atoms with Crippen molar-refractivity contribution in [3.8, 4) is 0 Å². The first-order chi connectivity index (χ1) is 6.20. The molecule has 0 atom stereocenters. The minimum absolute atomic E-state index is 0.148. The van der Waals surface area contributed by atoms with E-state index in [0.29, 0.717) is 0 Å². The molecule has 13 heavy (non-hydrogen) atoms. The van der Waals surface area contributed by atoms with Gasteiger partial charge in [0.15, 0.2) is 0 Å². The van der Waals surface area contributed by atoms with Crippen LogP contribution in [0.4, 0.5) is 0 Å². The van der Waals surface area contributed by atoms with Crippen LogP contribution in [0.3, 0.4) is 0 Å². The maximum atomic E-state index is 10.9. The van der Waals surface area contributed by atoms with E-state index in [0.717, 1.165) is 39.3 Å². The van der Waals surface area contributed by atoms with Crippen LogP contribution < -0.4 is 5.32 Å². The fraction of sp³-hybridized carbons (Fsp3) is 0.889. The fourth-order valence-corrected chi connectivity index (χ4v) is 1.38. The van der Waals surface area contributed by atoms with Crippen LogP contribution in [-0.4, -0.2) is 62.0 Å². The summed E-state index contributed by atoms with van der Waals surface area (Å²) in [4.78, 5) is 15.1. The molecule has 1 aliphatic heterocycles. The highest BCUT2D eigenvalue weighted by Gasteiger charge is 2.10. The molecular formula is C9H19N3O. The SMILES string of the molecule is CC(=O)N(C)CCN1CCNCC1. The number of likely N-dealkylation sites (N-methyl/N-ethyl adjacent to an activating group) is 1. The Morgan fingerprint density at radius 3 is 2.62 bits per heavy atom. The summed E-state index contributed by atoms with van der Waals surface area (Å²) in [5, 5.41) is 3.30. The van der Waals surface area contributed by atoms with Crippen molar-refractivity contribution in [2.24, 2.45) is 0 Å². The van der Waals surface area contributed by atoms with Crippen LogP contribution in [0, 0.1) is 0 Å². The highest BCUT2D eigenvalue weighted by Crippen LogP contribution is 1.93. The highest BCUT2D eigenvalue weighted by atomic mass is 16.2. The molecule has 1 N–H and O–H groups in total. The number of nitrogens with zero attached hydrogens (tertiary/aromatic N) is 2. The van der Waals surface area contributed by atoms with Crippen LogP contribution in [0.25, 0.3) is 0 Å². The number of amides is 1. The number of hydrogen-bond donors (Lipinski definition) is 1. The summed E-state index contributed by atoms with van der Waals surface area (Å²) in [5.74, 6) is 0.148. The number of piperazine rings is 1. The van der Waals surface area contributed by atoms with E-state index in [1.807, 2.05) is 7.05 Å². The van der Waals surface area contributed by atoms with Crippen LogP contribution in [0.1, 0.15) is 6.92 Å². The van der Waals surface area contributed by atoms with E-state index in [-0.39, 0.29) is 5.91 Å². The fourth-order valence-electron chi connectivity index (χ4n) is 1.38. The zero-order chi connectivity index (χ0) is 9.68. The van der Waals surface area contributed by atoms with E-state index in [4.69, 9.17) is 0 Å². The Kier molecular flexibility index (Phi) is 4.18. The Balaban J connectivity index is 2.13. The molecule has 0 aliphatic carbocycles. The normalized spacial score (nSPS) is 18.6. The smallest absolute Gasteiger partial charge is 0.219 e. The topological polar surface area (TPSA) is 35.6 Å². The van der Waals surface area contributed by atoms with Crippen molar-refractivity contribution in [2.45, 2.75) is 6.92 Å². The molecule has 0 unspecified atom stereocenters. The molecule has 0 spiro atoms. The van der Waals surface area contributed by atoms with Crippen LogP contribution in [0.2, 0.25) is 0 Å². The Bertz CT molecular complexity index is 166. The third kappa shape index (κ3) is 3.74. The number of carbonyl (C=O) groups is 1. The van der Waals surface area contributed by atoms with Crippen LogP contribution >= 0.6 is 0 Å². The van der Waals surface area contributed by atoms with Crippen LogP contribution in [0.15, 0.2) is 0 Å². The molecule has 0 aromatic carbocycles. The third-order valence-electron chi connectivity index (χ3n) is 2.50. The van der Waals surface area contributed by atoms with Crippen LogP contribution in [0.5, 0.6) is 0 Å². The summed E-state index contributed by atoms with van der Waals surface area (Å²) >= 11 is 0. The number of nitrogens with one attached hydrogen (secondary N) is 1. The molecule has 0 saturated carbocycles. The Labute approximate surface area is 79.9 Å². The van der Waals surface area contributed by atoms with Gasteiger partial charge in [0, 0.05) is 53.2 Å². The van der Waals surface area contributed by atoms with Gasteiger partial charge in [0.05, 0.1) is 0 Å². The van der Waals surface area contributed by atoms with E-state index in [1.165, 1.54) is 0 Å². The molecule has 4 nitrogen and oxygen atoms in total. The van der Waals surface area contributed by atoms with E-state index in [2.05, 4.69) is 10.2 Å². The lowest BCUT2D eigenvalue weighted by Gasteiger charge is -2.28. The quantitative estimate of drug-likeness (QED) is 0.636. The van der Waals surface area contributed by atoms with Gasteiger partial charge in [-0.2, -0.15) is 0 Å². The molecule has 1 amide bonds. The first kappa shape index (κ1) is 10.5. The van der Waals surface area contributed by atoms with Gasteiger partial charge >= 0.3 is 0 Å². The van der Waals surface area contributed by atoms with Gasteiger partial charge in [-0.05, 0) is 0 Å². The zero-order valence-corrected chi connectivity index (χ0v) is 8.55. The summed E-state index contributed by atoms with van der Waals surface area (Å²) in [6, 6.07) is 0. The third-order valence-corrected chi connectivity index (χ3v) is 2.50. The van der Waals surface area contributed by atoms with E-state index < -0.39 is 0 Å². The molecule has 1 aliphatic rings. The molecule has 0 radical (unpaired) electrons. The van der Waals surface area contributed by atoms with Crippen LogP contribution in [-0.2, 0) is 4.79 Å². The first-order valence-electron chi connectivity index (χ1n) is 4.85. The molecule has 0 aromatic heterocycles. The van der Waals surface area contributed by atoms with Gasteiger partial charge in [-0.15, -0.1) is 0 Å². The monoisotopic (exact) mass is 185 g/mol. The standard InChI is InChI=1S/C9H19N3O/c1-9(13)11(2)7-8-12-5-3-10-4-6-12/h10H,3-8H2,1-2H3. The number of hydrogen-bond acceptors (Lipinski definition) is 3. The molecule has 1 rings (SSSR count). The van der Waals surface area contributed by atoms with Crippen molar-refractivity contribution in [3.05, 3.63) is 0 Å². The summed E-state index contributed by atoms with van der Waals surface area (Å²) < 4.78 is 0. The summed E-state index contributed by atoms with van der Waals surface area (Å²) in [6.07, 6.45) is 0. The van der Waals surface area contributed by atoms with Gasteiger partial charge in [0.2, 0.25) is 5.91 Å². The maximum Gasteiger partial charge on any atom is 0.219 e. The second kappa shape index (κ2) is 5.19. The Hall–Kier alpha value is -0.610. The van der Waals surface area contributed by atoms with Crippen molar-refractivity contribution in [3.63, 3.8) is 0 Å². The van der Waals surface area contributed by atoms with Gasteiger partial charge < -0.3 is 10.2 Å². The van der Waals surface area contributed by atoms with Gasteiger partial charge in [-0.3, -0.25) is 9.69 Å². The molecule has 1 fully saturated rings. The average Bonchev–Trinajstić information content (AvgIpc) is 2.15. The number of rotatable bonds is 3. The van der Waals surface area contributed by atoms with Crippen molar-refractivity contribution in [2.75, 3.05) is 46.3 Å². The summed E-state index contributed by atoms with van der Waals surface area (Å²) in [7, 11) is 1.85. The molecule has 76 valence electrons. The van der Waals surface area contributed by atoms with E-state index in [1.54, 1.807) is 11.8 Å². The zero-order valence-electron chi connectivity index (χ0n) is 8.55. The second-order valence-electron chi connectivity index (χ2n) is 3.53. The number of carbonyl (C=O) groups excluding carboxylic acids is 1. The predicted octanol–water partition coefficient (Wildman–Crippen LogP) is -0.630. The van der Waals surface area contributed by atoms with Crippen molar-refractivity contribution >= 4 is 5.91 Å². The van der Waals surface area contributed by atoms with Crippen molar-refractivity contribution < 1.29 is 4.79 Å². The van der Waals surface area contributed by atoms with Gasteiger partial charge in [-0.1, -0.05) is 0 Å². The largest absolute Gasteiger partial charge is 0.345 e. The van der Waals surface area contributed by atoms with Crippen molar-refractivity contribution in [1.29, 1.82) is 0 Å². The van der Waals surface area contributed by atoms with Crippen molar-refractivity contribution in [1.82, 2.24) is 15.1 Å². The lowest BCUT2D eigenvalue weighted by molar-refractivity contribution is -0.127. The van der Waals surface area contributed by atoms with Gasteiger partial charge in [0.1, 0.15) is 0 Å². The molecule has 0 bridgehead atoms. The minimum Gasteiger partial charge on any atom is -0.345 e. The summed E-state index contributed by atoms with van der Waals surface area (Å²) in [6.45, 7) is 7.80. The molecule has 4 heteroatoms. The van der Waals surface area contributed by atoms with E-state index >= 15 is 0 Å². The predicted molar refractivity (Wildman–Crippen MR) is 52.6 cm³/mol. The van der Waals surface area contributed by atoms with Gasteiger partial charge in [-0.25, -0.2) is 0 Å². The molecular weight excluding hydrogens is 166 g/mol. The Morgan fingerprint density at radius 1 is 1.46 bits per heavy atom. The van der Waals surface area contributed by atoms with E-state index in [9.17, 15) is 4.79 Å². The first-order valence-corrected chi connectivity index (χ1v) is 4.85. The second-order valence-corrected chi connectivity index (χ2v) is 3.53. The summed E-state index contributed by atoms with van der Waals surface area (Å²) in [5.41, 5.74) is 0. The molecule has 1 saturated heterocycles. The molecule has 0 aromatic rings. The lowest BCUT2D eigenvalue weighted by Crippen LogP contribution is -2.46. The lowest BCUT2D eigenvalue weighted by atomic mass is 10.3. The highest BCUT2D eigenvalue weighted by molar-refractivity contribution is 5.72. The minimum atomic E-state index is 0.148. The Morgan fingerprint density at radius 2 is 2.08 bits per heavy atom. The maximum absolute atomic E-state index is 10.9. The average molecular weight is 185 g/mol.